The standard InChI is InChI=1S/C9H11ClFN.ClH/c1-2-9(12)7-5-6(10)3-4-8(7)11;/h3-5,9H,2,12H2,1H3;1H. The molecule has 1 atom stereocenters. The number of hydrogen-bond acceptors (Lipinski definition) is 1. The van der Waals surface area contributed by atoms with Crippen LogP contribution in [0, 0.1) is 5.82 Å². The normalized spacial score (nSPS) is 12.0. The van der Waals surface area contributed by atoms with Gasteiger partial charge in [-0.25, -0.2) is 4.39 Å². The lowest BCUT2D eigenvalue weighted by molar-refractivity contribution is 0.575. The van der Waals surface area contributed by atoms with Crippen molar-refractivity contribution in [1.82, 2.24) is 0 Å². The topological polar surface area (TPSA) is 26.0 Å². The van der Waals surface area contributed by atoms with Gasteiger partial charge in [-0.3, -0.25) is 0 Å². The average molecular weight is 224 g/mol. The van der Waals surface area contributed by atoms with Crippen molar-refractivity contribution in [3.8, 4) is 0 Å². The summed E-state index contributed by atoms with van der Waals surface area (Å²) in [4.78, 5) is 0. The van der Waals surface area contributed by atoms with Gasteiger partial charge in [0.15, 0.2) is 0 Å². The highest BCUT2D eigenvalue weighted by Gasteiger charge is 2.09. The fraction of sp³-hybridized carbons (Fsp3) is 0.333. The lowest BCUT2D eigenvalue weighted by Crippen LogP contribution is -2.10. The quantitative estimate of drug-likeness (QED) is 0.819. The molecule has 74 valence electrons. The maximum absolute atomic E-state index is 13.1. The molecular weight excluding hydrogens is 212 g/mol. The van der Waals surface area contributed by atoms with Gasteiger partial charge in [-0.15, -0.1) is 12.4 Å². The molecule has 2 N–H and O–H groups in total. The van der Waals surface area contributed by atoms with Gasteiger partial charge in [0, 0.05) is 16.6 Å². The zero-order valence-electron chi connectivity index (χ0n) is 7.26. The highest BCUT2D eigenvalue weighted by atomic mass is 35.5. The van der Waals surface area contributed by atoms with Gasteiger partial charge in [-0.05, 0) is 24.6 Å². The Labute approximate surface area is 88.5 Å². The summed E-state index contributed by atoms with van der Waals surface area (Å²) in [6, 6.07) is 4.17. The van der Waals surface area contributed by atoms with E-state index in [0.717, 1.165) is 0 Å². The van der Waals surface area contributed by atoms with Crippen LogP contribution < -0.4 is 5.73 Å². The third-order valence-corrected chi connectivity index (χ3v) is 2.03. The van der Waals surface area contributed by atoms with E-state index < -0.39 is 0 Å². The fourth-order valence-corrected chi connectivity index (χ4v) is 1.20. The Bertz CT molecular complexity index is 278. The number of rotatable bonds is 2. The van der Waals surface area contributed by atoms with E-state index in [1.165, 1.54) is 12.1 Å². The predicted molar refractivity (Wildman–Crippen MR) is 55.9 cm³/mol. The van der Waals surface area contributed by atoms with E-state index >= 15 is 0 Å². The number of hydrogen-bond donors (Lipinski definition) is 1. The average Bonchev–Trinajstić information content (AvgIpc) is 2.08. The fourth-order valence-electron chi connectivity index (χ4n) is 1.02. The second-order valence-corrected chi connectivity index (χ2v) is 3.12. The Morgan fingerprint density at radius 1 is 1.54 bits per heavy atom. The first-order chi connectivity index (χ1) is 5.65. The molecule has 0 aliphatic carbocycles. The van der Waals surface area contributed by atoms with Crippen LogP contribution in [0.15, 0.2) is 18.2 Å². The number of benzene rings is 1. The van der Waals surface area contributed by atoms with Gasteiger partial charge >= 0.3 is 0 Å². The van der Waals surface area contributed by atoms with Crippen LogP contribution in [0.2, 0.25) is 5.02 Å². The highest BCUT2D eigenvalue weighted by Crippen LogP contribution is 2.21. The van der Waals surface area contributed by atoms with Crippen molar-refractivity contribution >= 4 is 24.0 Å². The SMILES string of the molecule is CCC(N)c1cc(Cl)ccc1F.Cl. The molecule has 1 nitrogen and oxygen atoms in total. The number of nitrogens with two attached hydrogens (primary N) is 1. The summed E-state index contributed by atoms with van der Waals surface area (Å²) >= 11 is 5.70. The smallest absolute Gasteiger partial charge is 0.128 e. The minimum absolute atomic E-state index is 0. The van der Waals surface area contributed by atoms with Crippen molar-refractivity contribution in [3.05, 3.63) is 34.6 Å². The first kappa shape index (κ1) is 12.7. The highest BCUT2D eigenvalue weighted by molar-refractivity contribution is 6.30. The van der Waals surface area contributed by atoms with Gasteiger partial charge in [0.05, 0.1) is 0 Å². The summed E-state index contributed by atoms with van der Waals surface area (Å²) < 4.78 is 13.1. The van der Waals surface area contributed by atoms with Crippen LogP contribution >= 0.6 is 24.0 Å². The molecule has 1 rings (SSSR count). The molecular formula is C9H12Cl2FN. The van der Waals surface area contributed by atoms with E-state index in [1.807, 2.05) is 6.92 Å². The molecule has 0 radical (unpaired) electrons. The molecule has 0 saturated heterocycles. The molecule has 0 aliphatic rings. The van der Waals surface area contributed by atoms with E-state index in [-0.39, 0.29) is 24.3 Å². The monoisotopic (exact) mass is 223 g/mol. The summed E-state index contributed by atoms with van der Waals surface area (Å²) in [5, 5.41) is 0.523. The van der Waals surface area contributed by atoms with Crippen molar-refractivity contribution < 1.29 is 4.39 Å². The van der Waals surface area contributed by atoms with E-state index in [4.69, 9.17) is 17.3 Å². The minimum Gasteiger partial charge on any atom is -0.324 e. The van der Waals surface area contributed by atoms with Crippen molar-refractivity contribution in [1.29, 1.82) is 0 Å². The molecule has 0 spiro atoms. The maximum atomic E-state index is 13.1. The Morgan fingerprint density at radius 3 is 2.69 bits per heavy atom. The molecule has 0 aromatic heterocycles. The van der Waals surface area contributed by atoms with Crippen LogP contribution in [0.1, 0.15) is 24.9 Å². The largest absolute Gasteiger partial charge is 0.324 e. The first-order valence-electron chi connectivity index (χ1n) is 3.85. The zero-order valence-corrected chi connectivity index (χ0v) is 8.83. The summed E-state index contributed by atoms with van der Waals surface area (Å²) in [5.41, 5.74) is 6.16. The summed E-state index contributed by atoms with van der Waals surface area (Å²) in [7, 11) is 0. The van der Waals surface area contributed by atoms with Crippen molar-refractivity contribution in [2.45, 2.75) is 19.4 Å². The van der Waals surface area contributed by atoms with Crippen LogP contribution in [-0.4, -0.2) is 0 Å². The van der Waals surface area contributed by atoms with Gasteiger partial charge in [-0.1, -0.05) is 18.5 Å². The molecule has 0 amide bonds. The molecule has 0 saturated carbocycles. The molecule has 0 bridgehead atoms. The van der Waals surface area contributed by atoms with Gasteiger partial charge in [0.25, 0.3) is 0 Å². The van der Waals surface area contributed by atoms with Crippen LogP contribution in [0.4, 0.5) is 4.39 Å². The Hall–Kier alpha value is -0.310. The lowest BCUT2D eigenvalue weighted by atomic mass is 10.1. The molecule has 1 unspecified atom stereocenters. The van der Waals surface area contributed by atoms with E-state index in [1.54, 1.807) is 6.07 Å². The lowest BCUT2D eigenvalue weighted by Gasteiger charge is -2.09. The molecule has 4 heteroatoms. The minimum atomic E-state index is -0.284. The van der Waals surface area contributed by atoms with Crippen molar-refractivity contribution in [2.24, 2.45) is 5.73 Å². The summed E-state index contributed by atoms with van der Waals surface area (Å²) in [5.74, 6) is -0.284. The molecule has 1 aromatic carbocycles. The van der Waals surface area contributed by atoms with Crippen molar-refractivity contribution in [2.75, 3.05) is 0 Å². The van der Waals surface area contributed by atoms with Gasteiger partial charge in [0.2, 0.25) is 0 Å². The van der Waals surface area contributed by atoms with Crippen LogP contribution in [0.25, 0.3) is 0 Å². The molecule has 0 fully saturated rings. The van der Waals surface area contributed by atoms with Crippen LogP contribution in [0.3, 0.4) is 0 Å². The van der Waals surface area contributed by atoms with Gasteiger partial charge in [-0.2, -0.15) is 0 Å². The Kier molecular flexibility index (Phi) is 5.30. The van der Waals surface area contributed by atoms with E-state index in [0.29, 0.717) is 17.0 Å². The first-order valence-corrected chi connectivity index (χ1v) is 4.23. The van der Waals surface area contributed by atoms with E-state index in [9.17, 15) is 4.39 Å². The molecule has 1 aromatic rings. The van der Waals surface area contributed by atoms with E-state index in [2.05, 4.69) is 0 Å². The molecule has 13 heavy (non-hydrogen) atoms. The zero-order chi connectivity index (χ0) is 9.14. The van der Waals surface area contributed by atoms with Gasteiger partial charge < -0.3 is 5.73 Å². The predicted octanol–water partition coefficient (Wildman–Crippen LogP) is 3.31. The van der Waals surface area contributed by atoms with Crippen LogP contribution in [0.5, 0.6) is 0 Å². The van der Waals surface area contributed by atoms with Crippen molar-refractivity contribution in [3.63, 3.8) is 0 Å². The second-order valence-electron chi connectivity index (χ2n) is 2.68. The molecule has 0 heterocycles. The Morgan fingerprint density at radius 2 is 2.15 bits per heavy atom. The third-order valence-electron chi connectivity index (χ3n) is 1.80. The second kappa shape index (κ2) is 5.43. The maximum Gasteiger partial charge on any atom is 0.128 e. The van der Waals surface area contributed by atoms with Gasteiger partial charge in [0.1, 0.15) is 5.82 Å². The number of halogens is 3. The Balaban J connectivity index is 0.00000144. The summed E-state index contributed by atoms with van der Waals surface area (Å²) in [6.07, 6.45) is 0.706. The molecule has 0 aliphatic heterocycles. The summed E-state index contributed by atoms with van der Waals surface area (Å²) in [6.45, 7) is 1.91. The van der Waals surface area contributed by atoms with Crippen LogP contribution in [-0.2, 0) is 0 Å². The third kappa shape index (κ3) is 3.14.